The molecular weight excluding hydrogens is 436 g/mol. The van der Waals surface area contributed by atoms with E-state index in [2.05, 4.69) is 4.98 Å². The van der Waals surface area contributed by atoms with Crippen LogP contribution in [0.15, 0.2) is 76.4 Å². The molecule has 6 nitrogen and oxygen atoms in total. The third-order valence-corrected chi connectivity index (χ3v) is 6.42. The minimum Gasteiger partial charge on any atom is -0.503 e. The van der Waals surface area contributed by atoms with Crippen LogP contribution in [0.4, 0.5) is 5.13 Å². The van der Waals surface area contributed by atoms with Crippen molar-refractivity contribution < 1.29 is 19.1 Å². The summed E-state index contributed by atoms with van der Waals surface area (Å²) in [5, 5.41) is 11.6. The maximum atomic E-state index is 13.3. The van der Waals surface area contributed by atoms with E-state index in [-0.39, 0.29) is 11.3 Å². The zero-order valence-electron chi connectivity index (χ0n) is 16.2. The van der Waals surface area contributed by atoms with E-state index < -0.39 is 23.5 Å². The highest BCUT2D eigenvalue weighted by Gasteiger charge is 2.46. The zero-order chi connectivity index (χ0) is 21.7. The lowest BCUT2D eigenvalue weighted by molar-refractivity contribution is -0.117. The van der Waals surface area contributed by atoms with Gasteiger partial charge in [-0.3, -0.25) is 14.5 Å². The number of nitrogens with zero attached hydrogens (tertiary/aromatic N) is 2. The topological polar surface area (TPSA) is 83.6 Å². The van der Waals surface area contributed by atoms with Gasteiger partial charge in [-0.15, -0.1) is 0 Å². The molecule has 4 aromatic rings. The first-order valence-corrected chi connectivity index (χ1v) is 10.6. The number of anilines is 1. The van der Waals surface area contributed by atoms with Crippen LogP contribution < -0.4 is 4.90 Å². The Hall–Kier alpha value is -3.42. The summed E-state index contributed by atoms with van der Waals surface area (Å²) in [6.07, 6.45) is 0. The van der Waals surface area contributed by atoms with Crippen molar-refractivity contribution in [3.63, 3.8) is 0 Å². The third-order valence-electron chi connectivity index (χ3n) is 5.10. The molecule has 5 rings (SSSR count). The van der Waals surface area contributed by atoms with Gasteiger partial charge in [-0.05, 0) is 36.8 Å². The van der Waals surface area contributed by atoms with Crippen molar-refractivity contribution in [1.29, 1.82) is 0 Å². The number of aryl methyl sites for hydroxylation is 1. The highest BCUT2D eigenvalue weighted by atomic mass is 35.5. The van der Waals surface area contributed by atoms with Crippen molar-refractivity contribution in [1.82, 2.24) is 4.98 Å². The number of Topliss-reactive ketones (excluding diaryl/α,β-unsaturated/α-hetero) is 1. The average molecular weight is 451 g/mol. The Labute approximate surface area is 186 Å². The normalized spacial score (nSPS) is 16.5. The van der Waals surface area contributed by atoms with E-state index >= 15 is 0 Å². The Morgan fingerprint density at radius 2 is 1.90 bits per heavy atom. The molecule has 0 radical (unpaired) electrons. The first kappa shape index (κ1) is 19.5. The molecule has 1 aliphatic rings. The van der Waals surface area contributed by atoms with Gasteiger partial charge in [0.25, 0.3) is 5.91 Å². The molecule has 1 aliphatic heterocycles. The number of halogens is 1. The number of benzene rings is 2. The largest absolute Gasteiger partial charge is 0.503 e. The molecule has 0 saturated carbocycles. The number of carbonyl (C=O) groups excluding carboxylic acids is 2. The number of carbonyl (C=O) groups is 2. The van der Waals surface area contributed by atoms with Gasteiger partial charge < -0.3 is 9.52 Å². The van der Waals surface area contributed by atoms with Gasteiger partial charge in [0.2, 0.25) is 5.78 Å². The van der Waals surface area contributed by atoms with E-state index in [1.807, 2.05) is 24.3 Å². The summed E-state index contributed by atoms with van der Waals surface area (Å²) in [6.45, 7) is 1.72. The highest BCUT2D eigenvalue weighted by Crippen LogP contribution is 2.44. The number of aliphatic hydroxyl groups is 1. The number of thiazole rings is 1. The number of aliphatic hydroxyl groups excluding tert-OH is 1. The van der Waals surface area contributed by atoms with Crippen LogP contribution in [0.1, 0.15) is 27.9 Å². The monoisotopic (exact) mass is 450 g/mol. The van der Waals surface area contributed by atoms with Crippen LogP contribution in [-0.2, 0) is 4.79 Å². The summed E-state index contributed by atoms with van der Waals surface area (Å²) in [6, 6.07) is 16.8. The third kappa shape index (κ3) is 3.13. The number of para-hydroxylation sites is 1. The fourth-order valence-electron chi connectivity index (χ4n) is 3.68. The second-order valence-corrected chi connectivity index (χ2v) is 8.49. The number of aromatic nitrogens is 1. The fourth-order valence-corrected chi connectivity index (χ4v) is 4.97. The Bertz CT molecular complexity index is 1370. The van der Waals surface area contributed by atoms with E-state index in [1.54, 1.807) is 37.3 Å². The van der Waals surface area contributed by atoms with E-state index in [9.17, 15) is 14.7 Å². The second-order valence-electron chi connectivity index (χ2n) is 7.07. The smallest absolute Gasteiger partial charge is 0.296 e. The van der Waals surface area contributed by atoms with Crippen LogP contribution in [0.3, 0.4) is 0 Å². The molecule has 3 heterocycles. The predicted molar refractivity (Wildman–Crippen MR) is 119 cm³/mol. The van der Waals surface area contributed by atoms with Crippen molar-refractivity contribution in [2.45, 2.75) is 13.0 Å². The zero-order valence-corrected chi connectivity index (χ0v) is 17.8. The van der Waals surface area contributed by atoms with E-state index in [4.69, 9.17) is 16.0 Å². The molecule has 2 aromatic heterocycles. The van der Waals surface area contributed by atoms with Crippen LogP contribution in [0.25, 0.3) is 10.2 Å². The summed E-state index contributed by atoms with van der Waals surface area (Å²) in [5.41, 5.74) is 1.18. The first-order chi connectivity index (χ1) is 15.0. The number of rotatable bonds is 4. The number of hydrogen-bond donors (Lipinski definition) is 1. The Morgan fingerprint density at radius 1 is 1.13 bits per heavy atom. The van der Waals surface area contributed by atoms with Gasteiger partial charge in [0.05, 0.1) is 21.3 Å². The molecule has 154 valence electrons. The second kappa shape index (κ2) is 7.37. The number of ketones is 1. The van der Waals surface area contributed by atoms with Gasteiger partial charge in [0.1, 0.15) is 11.3 Å². The standard InChI is InChI=1S/C23H15ClN2O4S/c1-12-10-11-15(30-12)20(27)17-19(13-6-3-2-4-7-13)26(22(29)21(17)28)23-25-18-14(24)8-5-9-16(18)31-23/h2-11,19,28H,1H3. The van der Waals surface area contributed by atoms with Crippen molar-refractivity contribution in [2.75, 3.05) is 4.90 Å². The molecule has 0 saturated heterocycles. The van der Waals surface area contributed by atoms with Gasteiger partial charge in [-0.25, -0.2) is 4.98 Å². The van der Waals surface area contributed by atoms with Gasteiger partial charge in [-0.2, -0.15) is 0 Å². The van der Waals surface area contributed by atoms with Gasteiger partial charge >= 0.3 is 0 Å². The lowest BCUT2D eigenvalue weighted by Crippen LogP contribution is -2.30. The summed E-state index contributed by atoms with van der Waals surface area (Å²) >= 11 is 7.54. The lowest BCUT2D eigenvalue weighted by Gasteiger charge is -2.24. The molecule has 8 heteroatoms. The SMILES string of the molecule is Cc1ccc(C(=O)C2=C(O)C(=O)N(c3nc4c(Cl)cccc4s3)C2c2ccccc2)o1. The van der Waals surface area contributed by atoms with Crippen LogP contribution in [0.5, 0.6) is 0 Å². The van der Waals surface area contributed by atoms with Gasteiger partial charge in [0.15, 0.2) is 16.7 Å². The predicted octanol–water partition coefficient (Wildman–Crippen LogP) is 5.63. The van der Waals surface area contributed by atoms with Crippen LogP contribution in [-0.4, -0.2) is 21.8 Å². The minimum atomic E-state index is -0.856. The van der Waals surface area contributed by atoms with Crippen LogP contribution >= 0.6 is 22.9 Å². The van der Waals surface area contributed by atoms with Crippen molar-refractivity contribution in [2.24, 2.45) is 0 Å². The lowest BCUT2D eigenvalue weighted by atomic mass is 9.95. The Morgan fingerprint density at radius 3 is 2.58 bits per heavy atom. The van der Waals surface area contributed by atoms with Crippen LogP contribution in [0.2, 0.25) is 5.02 Å². The van der Waals surface area contributed by atoms with E-state index in [0.717, 1.165) is 4.70 Å². The minimum absolute atomic E-state index is 0.0455. The van der Waals surface area contributed by atoms with Crippen molar-refractivity contribution >= 4 is 50.0 Å². The number of fused-ring (bicyclic) bond motifs is 1. The maximum Gasteiger partial charge on any atom is 0.296 e. The maximum absolute atomic E-state index is 13.3. The summed E-state index contributed by atoms with van der Waals surface area (Å²) in [7, 11) is 0. The summed E-state index contributed by atoms with van der Waals surface area (Å²) in [4.78, 5) is 32.3. The molecule has 1 unspecified atom stereocenters. The highest BCUT2D eigenvalue weighted by molar-refractivity contribution is 7.22. The van der Waals surface area contributed by atoms with E-state index in [1.165, 1.54) is 22.3 Å². The average Bonchev–Trinajstić information content (AvgIpc) is 3.46. The molecule has 1 amide bonds. The molecular formula is C23H15ClN2O4S. The molecule has 0 spiro atoms. The fraction of sp³-hybridized carbons (Fsp3) is 0.0870. The molecule has 0 fully saturated rings. The van der Waals surface area contributed by atoms with Crippen molar-refractivity contribution in [3.8, 4) is 0 Å². The number of hydrogen-bond acceptors (Lipinski definition) is 6. The molecule has 0 aliphatic carbocycles. The molecule has 1 atom stereocenters. The molecule has 0 bridgehead atoms. The van der Waals surface area contributed by atoms with E-state index in [0.29, 0.717) is 27.0 Å². The summed E-state index contributed by atoms with van der Waals surface area (Å²) in [5.74, 6) is -1.24. The molecule has 31 heavy (non-hydrogen) atoms. The summed E-state index contributed by atoms with van der Waals surface area (Å²) < 4.78 is 6.27. The van der Waals surface area contributed by atoms with Gasteiger partial charge in [0, 0.05) is 0 Å². The first-order valence-electron chi connectivity index (χ1n) is 9.43. The quantitative estimate of drug-likeness (QED) is 0.407. The number of amides is 1. The Kier molecular flexibility index (Phi) is 4.64. The molecule has 2 aromatic carbocycles. The van der Waals surface area contributed by atoms with Crippen molar-refractivity contribution in [3.05, 3.63) is 94.1 Å². The van der Waals surface area contributed by atoms with Crippen LogP contribution in [0, 0.1) is 6.92 Å². The molecule has 1 N–H and O–H groups in total. The number of furan rings is 1. The Balaban J connectivity index is 1.69. The van der Waals surface area contributed by atoms with Gasteiger partial charge in [-0.1, -0.05) is 59.3 Å².